The van der Waals surface area contributed by atoms with Crippen LogP contribution in [0, 0.1) is 10.1 Å². The molecule has 1 N–H and O–H groups in total. The maximum absolute atomic E-state index is 12.6. The van der Waals surface area contributed by atoms with Crippen LogP contribution in [0.25, 0.3) is 0 Å². The number of anilines is 1. The number of nitro groups is 1. The molecule has 0 fully saturated rings. The predicted octanol–water partition coefficient (Wildman–Crippen LogP) is 4.72. The Morgan fingerprint density at radius 3 is 2.41 bits per heavy atom. The van der Waals surface area contributed by atoms with E-state index in [1.165, 1.54) is 11.3 Å². The minimum absolute atomic E-state index is 0.0832. The smallest absolute Gasteiger partial charge is 0.269 e. The van der Waals surface area contributed by atoms with Crippen LogP contribution in [0.3, 0.4) is 0 Å². The zero-order valence-corrected chi connectivity index (χ0v) is 18.5. The van der Waals surface area contributed by atoms with Gasteiger partial charge in [0.2, 0.25) is 9.84 Å². The number of amides is 1. The summed E-state index contributed by atoms with van der Waals surface area (Å²) >= 11 is 8.60. The Morgan fingerprint density at radius 2 is 1.85 bits per heavy atom. The van der Waals surface area contributed by atoms with Gasteiger partial charge in [-0.3, -0.25) is 20.2 Å². The lowest BCUT2D eigenvalue weighted by molar-refractivity contribution is -0.384. The first-order chi connectivity index (χ1) is 12.7. The van der Waals surface area contributed by atoms with Crippen LogP contribution in [0.1, 0.15) is 9.67 Å². The molecule has 0 unspecified atom stereocenters. The van der Waals surface area contributed by atoms with Crippen molar-refractivity contribution in [3.63, 3.8) is 0 Å². The lowest BCUT2D eigenvalue weighted by Gasteiger charge is -2.01. The van der Waals surface area contributed by atoms with Crippen molar-refractivity contribution in [2.45, 2.75) is 9.10 Å². The van der Waals surface area contributed by atoms with Crippen molar-refractivity contribution in [1.29, 1.82) is 0 Å². The minimum atomic E-state index is -3.89. The summed E-state index contributed by atoms with van der Waals surface area (Å²) in [6, 6.07) is 6.18. The zero-order chi connectivity index (χ0) is 19.8. The molecule has 0 saturated heterocycles. The van der Waals surface area contributed by atoms with Gasteiger partial charge in [-0.05, 0) is 50.1 Å². The van der Waals surface area contributed by atoms with Crippen molar-refractivity contribution in [3.05, 3.63) is 59.8 Å². The molecule has 27 heavy (non-hydrogen) atoms. The average molecular weight is 553 g/mol. The number of aromatic nitrogens is 1. The maximum Gasteiger partial charge on any atom is 0.269 e. The summed E-state index contributed by atoms with van der Waals surface area (Å²) < 4.78 is 26.6. The van der Waals surface area contributed by atoms with Gasteiger partial charge in [0, 0.05) is 16.6 Å². The summed E-state index contributed by atoms with van der Waals surface area (Å²) in [4.78, 5) is 26.5. The number of non-ortho nitro benzene ring substituents is 1. The largest absolute Gasteiger partial charge is 0.297 e. The zero-order valence-electron chi connectivity index (χ0n) is 12.9. The van der Waals surface area contributed by atoms with Crippen LogP contribution >= 0.6 is 54.5 Å². The second-order valence-electron chi connectivity index (χ2n) is 4.93. The summed E-state index contributed by atoms with van der Waals surface area (Å²) in [5, 5.41) is 13.4. The van der Waals surface area contributed by atoms with E-state index >= 15 is 0 Å². The second kappa shape index (κ2) is 7.75. The summed E-state index contributed by atoms with van der Waals surface area (Å²) in [5.41, 5.74) is -0.209. The number of hydrogen-bond acceptors (Lipinski definition) is 8. The molecule has 3 rings (SSSR count). The molecule has 2 aromatic heterocycles. The van der Waals surface area contributed by atoms with Gasteiger partial charge >= 0.3 is 0 Å². The van der Waals surface area contributed by atoms with Gasteiger partial charge in [0.05, 0.1) is 24.7 Å². The molecule has 0 aliphatic heterocycles. The molecular formula is C14H7Br2N3O5S3. The fraction of sp³-hybridized carbons (Fsp3) is 0. The first-order valence-corrected chi connectivity index (χ1v) is 11.6. The number of sulfone groups is 1. The highest BCUT2D eigenvalue weighted by molar-refractivity contribution is 9.13. The van der Waals surface area contributed by atoms with Crippen LogP contribution in [0.15, 0.2) is 53.9 Å². The Bertz CT molecular complexity index is 1120. The predicted molar refractivity (Wildman–Crippen MR) is 108 cm³/mol. The first-order valence-electron chi connectivity index (χ1n) is 6.90. The highest BCUT2D eigenvalue weighted by Gasteiger charge is 2.23. The van der Waals surface area contributed by atoms with E-state index in [2.05, 4.69) is 42.2 Å². The summed E-state index contributed by atoms with van der Waals surface area (Å²) in [7, 11) is -3.89. The molecule has 140 valence electrons. The summed E-state index contributed by atoms with van der Waals surface area (Å²) in [5.74, 6) is -0.417. The molecule has 1 aromatic carbocycles. The van der Waals surface area contributed by atoms with Crippen LogP contribution in [0.4, 0.5) is 10.8 Å². The lowest BCUT2D eigenvalue weighted by Crippen LogP contribution is -2.09. The lowest BCUT2D eigenvalue weighted by atomic mass is 10.3. The van der Waals surface area contributed by atoms with E-state index in [0.717, 1.165) is 50.1 Å². The van der Waals surface area contributed by atoms with E-state index in [0.29, 0.717) is 4.88 Å². The van der Waals surface area contributed by atoms with Crippen LogP contribution in [-0.4, -0.2) is 24.2 Å². The first kappa shape index (κ1) is 20.1. The van der Waals surface area contributed by atoms with E-state index in [4.69, 9.17) is 0 Å². The Balaban J connectivity index is 1.81. The van der Waals surface area contributed by atoms with Crippen LogP contribution in [-0.2, 0) is 9.84 Å². The van der Waals surface area contributed by atoms with Gasteiger partial charge in [-0.2, -0.15) is 0 Å². The van der Waals surface area contributed by atoms with Crippen molar-refractivity contribution >= 4 is 81.1 Å². The molecule has 0 spiro atoms. The van der Waals surface area contributed by atoms with E-state index < -0.39 is 20.7 Å². The third-order valence-corrected chi connectivity index (χ3v) is 9.60. The molecule has 13 heteroatoms. The normalized spacial score (nSPS) is 11.3. The highest BCUT2D eigenvalue weighted by Crippen LogP contribution is 2.34. The highest BCUT2D eigenvalue weighted by atomic mass is 79.9. The van der Waals surface area contributed by atoms with Gasteiger partial charge in [0.1, 0.15) is 4.21 Å². The molecule has 2 heterocycles. The van der Waals surface area contributed by atoms with Crippen molar-refractivity contribution in [3.8, 4) is 0 Å². The summed E-state index contributed by atoms with van der Waals surface area (Å²) in [6.45, 7) is 0. The van der Waals surface area contributed by atoms with Gasteiger partial charge < -0.3 is 0 Å². The molecule has 3 aromatic rings. The van der Waals surface area contributed by atoms with Gasteiger partial charge in [-0.1, -0.05) is 11.3 Å². The second-order valence-corrected chi connectivity index (χ2v) is 11.4. The number of nitrogens with one attached hydrogen (secondary N) is 1. The van der Waals surface area contributed by atoms with Crippen molar-refractivity contribution in [2.24, 2.45) is 0 Å². The molecule has 0 aliphatic rings. The average Bonchev–Trinajstić information content (AvgIpc) is 3.22. The van der Waals surface area contributed by atoms with Gasteiger partial charge in [-0.15, -0.1) is 11.3 Å². The third kappa shape index (κ3) is 4.27. The van der Waals surface area contributed by atoms with Gasteiger partial charge in [-0.25, -0.2) is 13.4 Å². The van der Waals surface area contributed by atoms with Crippen molar-refractivity contribution in [2.75, 3.05) is 5.32 Å². The van der Waals surface area contributed by atoms with E-state index in [-0.39, 0.29) is 19.9 Å². The Kier molecular flexibility index (Phi) is 5.76. The maximum atomic E-state index is 12.6. The van der Waals surface area contributed by atoms with Crippen LogP contribution in [0.2, 0.25) is 0 Å². The van der Waals surface area contributed by atoms with E-state index in [9.17, 15) is 23.3 Å². The van der Waals surface area contributed by atoms with Gasteiger partial charge in [0.25, 0.3) is 11.6 Å². The molecule has 0 saturated carbocycles. The third-order valence-electron chi connectivity index (χ3n) is 3.20. The van der Waals surface area contributed by atoms with Gasteiger partial charge in [0.15, 0.2) is 5.13 Å². The molecule has 0 aliphatic carbocycles. The van der Waals surface area contributed by atoms with Crippen molar-refractivity contribution in [1.82, 2.24) is 4.98 Å². The molecule has 1 amide bonds. The number of carbonyl (C=O) groups is 1. The number of nitrogens with zero attached hydrogens (tertiary/aromatic N) is 2. The fourth-order valence-corrected chi connectivity index (χ4v) is 6.28. The van der Waals surface area contributed by atoms with E-state index in [1.54, 1.807) is 6.07 Å². The SMILES string of the molecule is O=C(Nc1ncc(S(=O)(=O)c2ccc([N+](=O)[O-])cc2)s1)c1cc(Br)c(Br)s1. The topological polar surface area (TPSA) is 119 Å². The summed E-state index contributed by atoms with van der Waals surface area (Å²) in [6.07, 6.45) is 1.14. The molecule has 8 nitrogen and oxygen atoms in total. The number of benzene rings is 1. The van der Waals surface area contributed by atoms with Crippen molar-refractivity contribution < 1.29 is 18.1 Å². The van der Waals surface area contributed by atoms with Crippen LogP contribution in [0.5, 0.6) is 0 Å². The number of halogens is 2. The quantitative estimate of drug-likeness (QED) is 0.361. The number of thiazole rings is 1. The van der Waals surface area contributed by atoms with E-state index in [1.807, 2.05) is 0 Å². The Labute approximate surface area is 177 Å². The molecule has 0 radical (unpaired) electrons. The van der Waals surface area contributed by atoms with Crippen LogP contribution < -0.4 is 5.32 Å². The minimum Gasteiger partial charge on any atom is -0.297 e. The number of thiophene rings is 1. The molecular weight excluding hydrogens is 546 g/mol. The Hall–Kier alpha value is -1.67. The number of hydrogen-bond donors (Lipinski definition) is 1. The number of carbonyl (C=O) groups excluding carboxylic acids is 1. The molecule has 0 atom stereocenters. The molecule has 0 bridgehead atoms. The number of rotatable bonds is 5. The Morgan fingerprint density at radius 1 is 1.19 bits per heavy atom. The number of nitro benzene ring substituents is 1. The standard InChI is InChI=1S/C14H7Br2N3O5S3/c15-9-5-10(25-12(9)16)13(20)18-14-17-6-11(26-14)27(23,24)8-3-1-7(2-4-8)19(21)22/h1-6H,(H,17,18,20). The monoisotopic (exact) mass is 551 g/mol. The fourth-order valence-electron chi connectivity index (χ4n) is 1.92.